The highest BCUT2D eigenvalue weighted by Gasteiger charge is 2.10. The van der Waals surface area contributed by atoms with Crippen molar-refractivity contribution in [1.29, 1.82) is 0 Å². The first-order valence-corrected chi connectivity index (χ1v) is 9.39. The number of rotatable bonds is 6. The smallest absolute Gasteiger partial charge is 0.120 e. The predicted molar refractivity (Wildman–Crippen MR) is 100 cm³/mol. The van der Waals surface area contributed by atoms with Crippen LogP contribution in [0.25, 0.3) is 0 Å². The van der Waals surface area contributed by atoms with Crippen LogP contribution in [0.2, 0.25) is 0 Å². The van der Waals surface area contributed by atoms with Crippen LogP contribution in [0.15, 0.2) is 54.6 Å². The van der Waals surface area contributed by atoms with E-state index in [1.165, 1.54) is 56.1 Å². The molecular formula is C22H29NO. The summed E-state index contributed by atoms with van der Waals surface area (Å²) in [6.45, 7) is 1.56. The van der Waals surface area contributed by atoms with Gasteiger partial charge in [-0.25, -0.2) is 0 Å². The molecule has 2 aromatic carbocycles. The zero-order valence-electron chi connectivity index (χ0n) is 14.5. The molecule has 2 heteroatoms. The third kappa shape index (κ3) is 5.68. The second-order valence-corrected chi connectivity index (χ2v) is 6.84. The van der Waals surface area contributed by atoms with Gasteiger partial charge >= 0.3 is 0 Å². The Hall–Kier alpha value is -1.80. The molecule has 0 bridgehead atoms. The maximum atomic E-state index is 5.93. The van der Waals surface area contributed by atoms with Gasteiger partial charge in [0, 0.05) is 12.6 Å². The summed E-state index contributed by atoms with van der Waals surface area (Å²) in [5.41, 5.74) is 2.51. The first kappa shape index (κ1) is 17.0. The molecule has 0 unspecified atom stereocenters. The molecule has 3 rings (SSSR count). The summed E-state index contributed by atoms with van der Waals surface area (Å²) in [7, 11) is 0. The normalized spacial score (nSPS) is 16.3. The second-order valence-electron chi connectivity index (χ2n) is 6.84. The standard InChI is InChI=1S/C22H29NO/c1-2-7-13-21(14-8-3-1)23-17-20-12-9-15-22(16-20)24-18-19-10-5-4-6-11-19/h4-6,9-12,15-16,21,23H,1-3,7-8,13-14,17-18H2. The minimum Gasteiger partial charge on any atom is -0.489 e. The lowest BCUT2D eigenvalue weighted by Gasteiger charge is -2.21. The van der Waals surface area contributed by atoms with Crippen molar-refractivity contribution in [1.82, 2.24) is 5.32 Å². The Labute approximate surface area is 146 Å². The van der Waals surface area contributed by atoms with Crippen LogP contribution in [-0.2, 0) is 13.2 Å². The summed E-state index contributed by atoms with van der Waals surface area (Å²) in [4.78, 5) is 0. The van der Waals surface area contributed by atoms with Crippen molar-refractivity contribution in [3.63, 3.8) is 0 Å². The van der Waals surface area contributed by atoms with Crippen molar-refractivity contribution < 1.29 is 4.74 Å². The lowest BCUT2D eigenvalue weighted by molar-refractivity contribution is 0.305. The van der Waals surface area contributed by atoms with Gasteiger partial charge in [-0.1, -0.05) is 74.6 Å². The van der Waals surface area contributed by atoms with Crippen molar-refractivity contribution in [3.05, 3.63) is 65.7 Å². The van der Waals surface area contributed by atoms with Gasteiger partial charge in [-0.05, 0) is 36.1 Å². The lowest BCUT2D eigenvalue weighted by atomic mass is 9.96. The number of benzene rings is 2. The molecule has 1 saturated carbocycles. The summed E-state index contributed by atoms with van der Waals surface area (Å²) in [6.07, 6.45) is 9.62. The maximum absolute atomic E-state index is 5.93. The monoisotopic (exact) mass is 323 g/mol. The fourth-order valence-electron chi connectivity index (χ4n) is 3.41. The third-order valence-corrected chi connectivity index (χ3v) is 4.85. The summed E-state index contributed by atoms with van der Waals surface area (Å²) >= 11 is 0. The minimum absolute atomic E-state index is 0.625. The van der Waals surface area contributed by atoms with E-state index in [1.54, 1.807) is 0 Å². The van der Waals surface area contributed by atoms with Gasteiger partial charge in [0.1, 0.15) is 12.4 Å². The highest BCUT2D eigenvalue weighted by molar-refractivity contribution is 5.29. The molecule has 1 aliphatic rings. The van der Waals surface area contributed by atoms with Crippen molar-refractivity contribution in [2.45, 2.75) is 64.1 Å². The molecule has 0 saturated heterocycles. The van der Waals surface area contributed by atoms with Crippen molar-refractivity contribution >= 4 is 0 Å². The largest absolute Gasteiger partial charge is 0.489 e. The maximum Gasteiger partial charge on any atom is 0.120 e. The van der Waals surface area contributed by atoms with Crippen molar-refractivity contribution in [2.24, 2.45) is 0 Å². The fraction of sp³-hybridized carbons (Fsp3) is 0.455. The Morgan fingerprint density at radius 3 is 2.29 bits per heavy atom. The molecule has 1 N–H and O–H groups in total. The Morgan fingerprint density at radius 2 is 1.50 bits per heavy atom. The average molecular weight is 323 g/mol. The van der Waals surface area contributed by atoms with E-state index in [9.17, 15) is 0 Å². The Morgan fingerprint density at radius 1 is 0.792 bits per heavy atom. The Balaban J connectivity index is 1.49. The molecule has 0 atom stereocenters. The van der Waals surface area contributed by atoms with Gasteiger partial charge in [0.15, 0.2) is 0 Å². The molecule has 0 spiro atoms. The summed E-state index contributed by atoms with van der Waals surface area (Å²) < 4.78 is 5.93. The van der Waals surface area contributed by atoms with Crippen LogP contribution in [0, 0.1) is 0 Å². The van der Waals surface area contributed by atoms with Gasteiger partial charge in [0.05, 0.1) is 0 Å². The van der Waals surface area contributed by atoms with Crippen LogP contribution in [0.1, 0.15) is 56.1 Å². The highest BCUT2D eigenvalue weighted by atomic mass is 16.5. The van der Waals surface area contributed by atoms with Crippen LogP contribution in [0.5, 0.6) is 5.75 Å². The van der Waals surface area contributed by atoms with Gasteiger partial charge in [0.25, 0.3) is 0 Å². The van der Waals surface area contributed by atoms with E-state index in [1.807, 2.05) is 24.3 Å². The number of nitrogens with one attached hydrogen (secondary N) is 1. The van der Waals surface area contributed by atoms with E-state index in [2.05, 4.69) is 35.6 Å². The van der Waals surface area contributed by atoms with E-state index in [-0.39, 0.29) is 0 Å². The SMILES string of the molecule is c1ccc(COc2cccc(CNC3CCCCCCC3)c2)cc1. The van der Waals surface area contributed by atoms with Crippen LogP contribution in [0.3, 0.4) is 0 Å². The zero-order valence-corrected chi connectivity index (χ0v) is 14.5. The van der Waals surface area contributed by atoms with Crippen molar-refractivity contribution in [2.75, 3.05) is 0 Å². The van der Waals surface area contributed by atoms with Crippen molar-refractivity contribution in [3.8, 4) is 5.75 Å². The van der Waals surface area contributed by atoms with E-state index >= 15 is 0 Å². The molecule has 2 nitrogen and oxygen atoms in total. The molecule has 0 aromatic heterocycles. The van der Waals surface area contributed by atoms with E-state index < -0.39 is 0 Å². The first-order valence-electron chi connectivity index (χ1n) is 9.39. The Kier molecular flexibility index (Phi) is 6.73. The minimum atomic E-state index is 0.625. The van der Waals surface area contributed by atoms with Gasteiger partial charge < -0.3 is 10.1 Å². The van der Waals surface area contributed by atoms with Gasteiger partial charge in [-0.2, -0.15) is 0 Å². The fourth-order valence-corrected chi connectivity index (χ4v) is 3.41. The van der Waals surface area contributed by atoms with E-state index in [0.717, 1.165) is 12.3 Å². The lowest BCUT2D eigenvalue weighted by Crippen LogP contribution is -2.29. The van der Waals surface area contributed by atoms with Gasteiger partial charge in [0.2, 0.25) is 0 Å². The number of hydrogen-bond acceptors (Lipinski definition) is 2. The number of ether oxygens (including phenoxy) is 1. The topological polar surface area (TPSA) is 21.3 Å². The molecule has 0 amide bonds. The van der Waals surface area contributed by atoms with Crippen LogP contribution < -0.4 is 10.1 Å². The number of hydrogen-bond donors (Lipinski definition) is 1. The molecule has 0 radical (unpaired) electrons. The molecule has 0 aliphatic heterocycles. The average Bonchev–Trinajstić information content (AvgIpc) is 2.60. The van der Waals surface area contributed by atoms with Gasteiger partial charge in [-0.3, -0.25) is 0 Å². The zero-order chi connectivity index (χ0) is 16.5. The molecule has 1 aliphatic carbocycles. The van der Waals surface area contributed by atoms with E-state index in [4.69, 9.17) is 4.74 Å². The summed E-state index contributed by atoms with van der Waals surface area (Å²) in [5.74, 6) is 0.954. The summed E-state index contributed by atoms with van der Waals surface area (Å²) in [6, 6.07) is 19.5. The predicted octanol–water partition coefficient (Wildman–Crippen LogP) is 5.47. The highest BCUT2D eigenvalue weighted by Crippen LogP contribution is 2.19. The molecule has 2 aromatic rings. The molecular weight excluding hydrogens is 294 g/mol. The van der Waals surface area contributed by atoms with Crippen LogP contribution in [0.4, 0.5) is 0 Å². The third-order valence-electron chi connectivity index (χ3n) is 4.85. The van der Waals surface area contributed by atoms with Crippen LogP contribution >= 0.6 is 0 Å². The molecule has 128 valence electrons. The Bertz CT molecular complexity index is 588. The van der Waals surface area contributed by atoms with Crippen LogP contribution in [-0.4, -0.2) is 6.04 Å². The summed E-state index contributed by atoms with van der Waals surface area (Å²) in [5, 5.41) is 3.75. The quantitative estimate of drug-likeness (QED) is 0.761. The molecule has 1 fully saturated rings. The first-order chi connectivity index (χ1) is 11.9. The molecule has 0 heterocycles. The van der Waals surface area contributed by atoms with E-state index in [0.29, 0.717) is 12.6 Å². The van der Waals surface area contributed by atoms with Gasteiger partial charge in [-0.15, -0.1) is 0 Å². The second kappa shape index (κ2) is 9.48. The molecule has 24 heavy (non-hydrogen) atoms.